The molecule has 0 radical (unpaired) electrons. The molecule has 0 unspecified atom stereocenters. The summed E-state index contributed by atoms with van der Waals surface area (Å²) in [6.07, 6.45) is 0. The Morgan fingerprint density at radius 1 is 1.46 bits per heavy atom. The fraction of sp³-hybridized carbons (Fsp3) is 0.333. The standard InChI is InChI=1S/C9H10BrClO2/c1-6-3-7(11)9(10)8(4-6)13-5-12-2/h3-4H,5H2,1-2H3. The van der Waals surface area contributed by atoms with Crippen molar-refractivity contribution in [2.75, 3.05) is 13.9 Å². The van der Waals surface area contributed by atoms with Crippen LogP contribution in [0.5, 0.6) is 5.75 Å². The maximum Gasteiger partial charge on any atom is 0.188 e. The quantitative estimate of drug-likeness (QED) is 0.780. The molecular formula is C9H10BrClO2. The van der Waals surface area contributed by atoms with E-state index < -0.39 is 0 Å². The van der Waals surface area contributed by atoms with Crippen LogP contribution < -0.4 is 4.74 Å². The van der Waals surface area contributed by atoms with Gasteiger partial charge in [0.1, 0.15) is 5.75 Å². The summed E-state index contributed by atoms with van der Waals surface area (Å²) >= 11 is 9.26. The molecule has 0 aliphatic heterocycles. The van der Waals surface area contributed by atoms with Gasteiger partial charge in [0.2, 0.25) is 0 Å². The smallest absolute Gasteiger partial charge is 0.188 e. The second-order valence-corrected chi connectivity index (χ2v) is 3.81. The number of hydrogen-bond donors (Lipinski definition) is 0. The van der Waals surface area contributed by atoms with Gasteiger partial charge in [-0.25, -0.2) is 0 Å². The van der Waals surface area contributed by atoms with E-state index in [1.165, 1.54) is 0 Å². The van der Waals surface area contributed by atoms with Crippen molar-refractivity contribution in [3.8, 4) is 5.75 Å². The van der Waals surface area contributed by atoms with E-state index in [0.29, 0.717) is 10.8 Å². The van der Waals surface area contributed by atoms with E-state index in [-0.39, 0.29) is 6.79 Å². The van der Waals surface area contributed by atoms with Crippen LogP contribution in [0.3, 0.4) is 0 Å². The summed E-state index contributed by atoms with van der Waals surface area (Å²) in [6.45, 7) is 2.18. The van der Waals surface area contributed by atoms with E-state index in [2.05, 4.69) is 15.9 Å². The van der Waals surface area contributed by atoms with Crippen LogP contribution in [0.4, 0.5) is 0 Å². The number of hydrogen-bond acceptors (Lipinski definition) is 2. The Balaban J connectivity index is 2.92. The van der Waals surface area contributed by atoms with Crippen molar-refractivity contribution in [1.82, 2.24) is 0 Å². The highest BCUT2D eigenvalue weighted by molar-refractivity contribution is 9.10. The molecule has 0 saturated carbocycles. The Labute approximate surface area is 90.9 Å². The van der Waals surface area contributed by atoms with Crippen LogP contribution in [0.1, 0.15) is 5.56 Å². The van der Waals surface area contributed by atoms with E-state index in [4.69, 9.17) is 21.1 Å². The number of benzene rings is 1. The first kappa shape index (κ1) is 10.8. The van der Waals surface area contributed by atoms with E-state index in [9.17, 15) is 0 Å². The molecule has 0 amide bonds. The second kappa shape index (κ2) is 4.84. The lowest BCUT2D eigenvalue weighted by atomic mass is 10.2. The minimum Gasteiger partial charge on any atom is -0.466 e. The van der Waals surface area contributed by atoms with Crippen LogP contribution in [0.25, 0.3) is 0 Å². The maximum atomic E-state index is 5.93. The predicted molar refractivity (Wildman–Crippen MR) is 56.4 cm³/mol. The van der Waals surface area contributed by atoms with Gasteiger partial charge in [-0.1, -0.05) is 11.6 Å². The summed E-state index contributed by atoms with van der Waals surface area (Å²) in [6, 6.07) is 3.76. The lowest BCUT2D eigenvalue weighted by Gasteiger charge is -2.08. The lowest BCUT2D eigenvalue weighted by molar-refractivity contribution is 0.0505. The van der Waals surface area contributed by atoms with Gasteiger partial charge in [-0.15, -0.1) is 0 Å². The van der Waals surface area contributed by atoms with Gasteiger partial charge >= 0.3 is 0 Å². The molecule has 72 valence electrons. The summed E-state index contributed by atoms with van der Waals surface area (Å²) in [5.74, 6) is 0.701. The molecule has 0 aromatic heterocycles. The van der Waals surface area contributed by atoms with Gasteiger partial charge in [0.25, 0.3) is 0 Å². The van der Waals surface area contributed by atoms with Gasteiger partial charge in [-0.3, -0.25) is 0 Å². The van der Waals surface area contributed by atoms with Crippen molar-refractivity contribution in [2.45, 2.75) is 6.92 Å². The molecule has 0 bridgehead atoms. The zero-order valence-electron chi connectivity index (χ0n) is 7.43. The molecule has 0 fully saturated rings. The highest BCUT2D eigenvalue weighted by Crippen LogP contribution is 2.33. The molecule has 0 spiro atoms. The number of halogens is 2. The Morgan fingerprint density at radius 2 is 2.15 bits per heavy atom. The van der Waals surface area contributed by atoms with Crippen LogP contribution in [0.2, 0.25) is 5.02 Å². The van der Waals surface area contributed by atoms with E-state index >= 15 is 0 Å². The predicted octanol–water partition coefficient (Wildman–Crippen LogP) is 3.39. The Hall–Kier alpha value is -0.250. The van der Waals surface area contributed by atoms with Crippen LogP contribution in [-0.4, -0.2) is 13.9 Å². The van der Waals surface area contributed by atoms with Gasteiger partial charge < -0.3 is 9.47 Å². The third-order valence-electron chi connectivity index (χ3n) is 1.47. The van der Waals surface area contributed by atoms with Crippen LogP contribution in [0, 0.1) is 6.92 Å². The van der Waals surface area contributed by atoms with Crippen LogP contribution >= 0.6 is 27.5 Å². The number of aryl methyl sites for hydroxylation is 1. The molecule has 0 aliphatic carbocycles. The van der Waals surface area contributed by atoms with Gasteiger partial charge in [-0.2, -0.15) is 0 Å². The van der Waals surface area contributed by atoms with Crippen molar-refractivity contribution < 1.29 is 9.47 Å². The Morgan fingerprint density at radius 3 is 2.77 bits per heavy atom. The molecule has 2 nitrogen and oxygen atoms in total. The summed E-state index contributed by atoms with van der Waals surface area (Å²) in [4.78, 5) is 0. The van der Waals surface area contributed by atoms with Crippen molar-refractivity contribution in [3.05, 3.63) is 27.2 Å². The molecule has 0 atom stereocenters. The fourth-order valence-electron chi connectivity index (χ4n) is 0.920. The van der Waals surface area contributed by atoms with Crippen molar-refractivity contribution in [1.29, 1.82) is 0 Å². The van der Waals surface area contributed by atoms with Crippen LogP contribution in [0.15, 0.2) is 16.6 Å². The summed E-state index contributed by atoms with van der Waals surface area (Å²) in [5, 5.41) is 0.645. The average Bonchev–Trinajstić information content (AvgIpc) is 2.09. The van der Waals surface area contributed by atoms with E-state index in [1.54, 1.807) is 7.11 Å². The van der Waals surface area contributed by atoms with Crippen molar-refractivity contribution in [2.24, 2.45) is 0 Å². The third-order valence-corrected chi connectivity index (χ3v) is 2.82. The van der Waals surface area contributed by atoms with Gasteiger partial charge in [0.05, 0.1) is 9.50 Å². The first-order chi connectivity index (χ1) is 6.15. The highest BCUT2D eigenvalue weighted by atomic mass is 79.9. The topological polar surface area (TPSA) is 18.5 Å². The number of ether oxygens (including phenoxy) is 2. The summed E-state index contributed by atoms with van der Waals surface area (Å²) in [5.41, 5.74) is 1.05. The van der Waals surface area contributed by atoms with Crippen molar-refractivity contribution in [3.63, 3.8) is 0 Å². The normalized spacial score (nSPS) is 10.2. The monoisotopic (exact) mass is 264 g/mol. The molecule has 0 aliphatic rings. The number of rotatable bonds is 3. The molecule has 0 N–H and O–H groups in total. The zero-order chi connectivity index (χ0) is 9.84. The SMILES string of the molecule is COCOc1cc(C)cc(Cl)c1Br. The van der Waals surface area contributed by atoms with E-state index in [0.717, 1.165) is 10.0 Å². The first-order valence-corrected chi connectivity index (χ1v) is 4.89. The summed E-state index contributed by atoms with van der Waals surface area (Å²) < 4.78 is 10.8. The van der Waals surface area contributed by atoms with Gasteiger partial charge in [0.15, 0.2) is 6.79 Å². The molecule has 4 heteroatoms. The maximum absolute atomic E-state index is 5.93. The third kappa shape index (κ3) is 2.86. The molecule has 1 aromatic carbocycles. The zero-order valence-corrected chi connectivity index (χ0v) is 9.78. The first-order valence-electron chi connectivity index (χ1n) is 3.72. The Kier molecular flexibility index (Phi) is 4.03. The number of methoxy groups -OCH3 is 1. The molecule has 0 saturated heterocycles. The minimum atomic E-state index is 0.221. The fourth-order valence-corrected chi connectivity index (χ4v) is 1.53. The molecule has 13 heavy (non-hydrogen) atoms. The van der Waals surface area contributed by atoms with E-state index in [1.807, 2.05) is 19.1 Å². The van der Waals surface area contributed by atoms with Crippen molar-refractivity contribution >= 4 is 27.5 Å². The molecule has 1 aromatic rings. The average molecular weight is 266 g/mol. The Bertz CT molecular complexity index is 302. The largest absolute Gasteiger partial charge is 0.466 e. The van der Waals surface area contributed by atoms with Gasteiger partial charge in [0, 0.05) is 7.11 Å². The van der Waals surface area contributed by atoms with Gasteiger partial charge in [-0.05, 0) is 40.5 Å². The van der Waals surface area contributed by atoms with Crippen LogP contribution in [-0.2, 0) is 4.74 Å². The molecule has 1 rings (SSSR count). The summed E-state index contributed by atoms with van der Waals surface area (Å²) in [7, 11) is 1.57. The molecular weight excluding hydrogens is 255 g/mol. The second-order valence-electron chi connectivity index (χ2n) is 2.61. The molecule has 0 heterocycles. The highest BCUT2D eigenvalue weighted by Gasteiger charge is 2.06. The minimum absolute atomic E-state index is 0.221. The lowest BCUT2D eigenvalue weighted by Crippen LogP contribution is -1.99.